The third-order valence-corrected chi connectivity index (χ3v) is 5.26. The lowest BCUT2D eigenvalue weighted by Gasteiger charge is -2.41. The zero-order chi connectivity index (χ0) is 17.2. The number of ether oxygens (including phenoxy) is 1. The summed E-state index contributed by atoms with van der Waals surface area (Å²) >= 11 is 0. The first-order chi connectivity index (χ1) is 11.6. The van der Waals surface area contributed by atoms with E-state index in [1.807, 2.05) is 4.68 Å². The van der Waals surface area contributed by atoms with Crippen LogP contribution in [-0.4, -0.2) is 51.4 Å². The second kappa shape index (κ2) is 6.99. The molecule has 6 nitrogen and oxygen atoms in total. The maximum Gasteiger partial charge on any atom is 0.176 e. The predicted molar refractivity (Wildman–Crippen MR) is 93.3 cm³/mol. The molecule has 1 aliphatic heterocycles. The van der Waals surface area contributed by atoms with Crippen LogP contribution in [0.3, 0.4) is 0 Å². The molecule has 1 fully saturated rings. The first-order valence-electron chi connectivity index (χ1n) is 8.82. The zero-order valence-electron chi connectivity index (χ0n) is 15.1. The van der Waals surface area contributed by atoms with Crippen LogP contribution in [0.15, 0.2) is 18.2 Å². The normalized spacial score (nSPS) is 18.5. The third-order valence-electron chi connectivity index (χ3n) is 5.26. The maximum absolute atomic E-state index is 5.53. The van der Waals surface area contributed by atoms with Crippen LogP contribution in [0.25, 0.3) is 5.69 Å². The molecule has 24 heavy (non-hydrogen) atoms. The van der Waals surface area contributed by atoms with Crippen molar-refractivity contribution in [2.75, 3.05) is 26.3 Å². The van der Waals surface area contributed by atoms with E-state index >= 15 is 0 Å². The van der Waals surface area contributed by atoms with Gasteiger partial charge in [0, 0.05) is 13.1 Å². The highest BCUT2D eigenvalue weighted by Gasteiger charge is 2.38. The number of hydrogen-bond donors (Lipinski definition) is 0. The van der Waals surface area contributed by atoms with Crippen LogP contribution in [0.5, 0.6) is 0 Å². The molecule has 0 N–H and O–H groups in total. The Hall–Kier alpha value is -1.79. The van der Waals surface area contributed by atoms with Crippen molar-refractivity contribution in [1.82, 2.24) is 25.1 Å². The first-order valence-corrected chi connectivity index (χ1v) is 8.82. The van der Waals surface area contributed by atoms with Gasteiger partial charge in [-0.05, 0) is 48.2 Å². The Bertz CT molecular complexity index is 692. The van der Waals surface area contributed by atoms with E-state index in [1.54, 1.807) is 0 Å². The minimum atomic E-state index is -0.208. The molecule has 1 atom stereocenters. The van der Waals surface area contributed by atoms with Crippen LogP contribution in [0, 0.1) is 6.92 Å². The van der Waals surface area contributed by atoms with E-state index in [4.69, 9.17) is 4.74 Å². The van der Waals surface area contributed by atoms with Crippen LogP contribution in [-0.2, 0) is 16.7 Å². The number of tetrazole rings is 1. The van der Waals surface area contributed by atoms with Crippen molar-refractivity contribution < 1.29 is 4.74 Å². The fourth-order valence-corrected chi connectivity index (χ4v) is 3.56. The summed E-state index contributed by atoms with van der Waals surface area (Å²) in [6, 6.07) is 6.38. The summed E-state index contributed by atoms with van der Waals surface area (Å²) in [5.41, 5.74) is 3.38. The fraction of sp³-hybridized carbons (Fsp3) is 0.611. The second-order valence-electron chi connectivity index (χ2n) is 6.58. The van der Waals surface area contributed by atoms with Gasteiger partial charge in [-0.25, -0.2) is 0 Å². The summed E-state index contributed by atoms with van der Waals surface area (Å²) in [6.07, 6.45) is 1.90. The smallest absolute Gasteiger partial charge is 0.176 e. The van der Waals surface area contributed by atoms with Crippen molar-refractivity contribution in [1.29, 1.82) is 0 Å². The SMILES string of the molecule is CCc1cccc(C)c1-n1nnnc1[C@](C)(CC)N1CCOCC1. The van der Waals surface area contributed by atoms with Gasteiger partial charge in [-0.3, -0.25) is 4.90 Å². The Labute approximate surface area is 143 Å². The summed E-state index contributed by atoms with van der Waals surface area (Å²) in [6.45, 7) is 12.1. The van der Waals surface area contributed by atoms with E-state index in [0.717, 1.165) is 50.7 Å². The van der Waals surface area contributed by atoms with E-state index in [0.29, 0.717) is 0 Å². The summed E-state index contributed by atoms with van der Waals surface area (Å²) < 4.78 is 7.48. The Morgan fingerprint density at radius 1 is 1.21 bits per heavy atom. The van der Waals surface area contributed by atoms with Crippen LogP contribution < -0.4 is 0 Å². The van der Waals surface area contributed by atoms with Crippen molar-refractivity contribution in [3.05, 3.63) is 35.2 Å². The van der Waals surface area contributed by atoms with Gasteiger partial charge in [-0.2, -0.15) is 4.68 Å². The molecule has 3 rings (SSSR count). The van der Waals surface area contributed by atoms with Crippen molar-refractivity contribution in [3.8, 4) is 5.69 Å². The van der Waals surface area contributed by atoms with Gasteiger partial charge in [0.1, 0.15) is 0 Å². The van der Waals surface area contributed by atoms with Gasteiger partial charge in [0.2, 0.25) is 0 Å². The van der Waals surface area contributed by atoms with E-state index in [1.165, 1.54) is 11.1 Å². The molecular weight excluding hydrogens is 302 g/mol. The molecule has 0 spiro atoms. The quantitative estimate of drug-likeness (QED) is 0.843. The van der Waals surface area contributed by atoms with Gasteiger partial charge in [-0.15, -0.1) is 5.10 Å². The summed E-state index contributed by atoms with van der Waals surface area (Å²) in [5, 5.41) is 12.8. The zero-order valence-corrected chi connectivity index (χ0v) is 15.1. The summed E-state index contributed by atoms with van der Waals surface area (Å²) in [4.78, 5) is 2.45. The second-order valence-corrected chi connectivity index (χ2v) is 6.58. The Morgan fingerprint density at radius 3 is 2.62 bits per heavy atom. The molecule has 2 aromatic rings. The molecule has 0 saturated carbocycles. The number of nitrogens with zero attached hydrogens (tertiary/aromatic N) is 5. The van der Waals surface area contributed by atoms with Gasteiger partial charge in [-0.1, -0.05) is 32.0 Å². The largest absolute Gasteiger partial charge is 0.379 e. The third kappa shape index (κ3) is 2.84. The topological polar surface area (TPSA) is 56.1 Å². The van der Waals surface area contributed by atoms with Gasteiger partial charge in [0.05, 0.1) is 24.4 Å². The van der Waals surface area contributed by atoms with Gasteiger partial charge in [0.25, 0.3) is 0 Å². The summed E-state index contributed by atoms with van der Waals surface area (Å²) in [5.74, 6) is 0.913. The molecule has 0 aliphatic carbocycles. The lowest BCUT2D eigenvalue weighted by Crippen LogP contribution is -2.50. The van der Waals surface area contributed by atoms with Crippen molar-refractivity contribution in [2.45, 2.75) is 46.1 Å². The Kier molecular flexibility index (Phi) is 4.96. The lowest BCUT2D eigenvalue weighted by molar-refractivity contribution is -0.0240. The molecule has 6 heteroatoms. The molecule has 1 aromatic carbocycles. The highest BCUT2D eigenvalue weighted by Crippen LogP contribution is 2.33. The van der Waals surface area contributed by atoms with Crippen LogP contribution in [0.2, 0.25) is 0 Å². The fourth-order valence-electron chi connectivity index (χ4n) is 3.56. The van der Waals surface area contributed by atoms with Crippen molar-refractivity contribution in [3.63, 3.8) is 0 Å². The van der Waals surface area contributed by atoms with Gasteiger partial charge < -0.3 is 4.74 Å². The number of rotatable bonds is 5. The Morgan fingerprint density at radius 2 is 1.96 bits per heavy atom. The molecule has 0 unspecified atom stereocenters. The Balaban J connectivity index is 2.10. The molecule has 1 aliphatic rings. The minimum absolute atomic E-state index is 0.208. The number of aromatic nitrogens is 4. The lowest BCUT2D eigenvalue weighted by atomic mass is 9.94. The molecule has 130 valence electrons. The van der Waals surface area contributed by atoms with Crippen molar-refractivity contribution in [2.24, 2.45) is 0 Å². The minimum Gasteiger partial charge on any atom is -0.379 e. The molecule has 0 radical (unpaired) electrons. The first kappa shape index (κ1) is 17.0. The average molecular weight is 329 g/mol. The number of hydrogen-bond acceptors (Lipinski definition) is 5. The standard InChI is InChI=1S/C18H27N5O/c1-5-15-9-7-8-14(3)16(15)23-17(19-20-21-23)18(4,6-2)22-10-12-24-13-11-22/h7-9H,5-6,10-13H2,1-4H3/t18-/m0/s1. The van der Waals surface area contributed by atoms with E-state index in [-0.39, 0.29) is 5.54 Å². The highest BCUT2D eigenvalue weighted by atomic mass is 16.5. The number of morpholine rings is 1. The van der Waals surface area contributed by atoms with E-state index < -0.39 is 0 Å². The molecule has 1 aromatic heterocycles. The van der Waals surface area contributed by atoms with Crippen LogP contribution in [0.1, 0.15) is 44.1 Å². The monoisotopic (exact) mass is 329 g/mol. The number of benzene rings is 1. The van der Waals surface area contributed by atoms with Gasteiger partial charge >= 0.3 is 0 Å². The molecule has 1 saturated heterocycles. The summed E-state index contributed by atoms with van der Waals surface area (Å²) in [7, 11) is 0. The average Bonchev–Trinajstić information content (AvgIpc) is 3.11. The maximum atomic E-state index is 5.53. The highest BCUT2D eigenvalue weighted by molar-refractivity contribution is 5.47. The van der Waals surface area contributed by atoms with Crippen LogP contribution in [0.4, 0.5) is 0 Å². The molecular formula is C18H27N5O. The molecule has 0 bridgehead atoms. The predicted octanol–water partition coefficient (Wildman–Crippen LogP) is 2.49. The number of aryl methyl sites for hydroxylation is 2. The van der Waals surface area contributed by atoms with E-state index in [9.17, 15) is 0 Å². The van der Waals surface area contributed by atoms with Crippen LogP contribution >= 0.6 is 0 Å². The molecule has 0 amide bonds. The van der Waals surface area contributed by atoms with E-state index in [2.05, 4.69) is 66.3 Å². The number of para-hydroxylation sites is 1. The van der Waals surface area contributed by atoms with Crippen molar-refractivity contribution >= 4 is 0 Å². The van der Waals surface area contributed by atoms with Gasteiger partial charge in [0.15, 0.2) is 5.82 Å². The molecule has 2 heterocycles.